The molecular weight excluding hydrogens is 226 g/mol. The lowest BCUT2D eigenvalue weighted by molar-refractivity contribution is -0.130. The third-order valence-electron chi connectivity index (χ3n) is 4.76. The van der Waals surface area contributed by atoms with Crippen LogP contribution in [0.5, 0.6) is 0 Å². The molecule has 2 unspecified atom stereocenters. The molecule has 4 heteroatoms. The Morgan fingerprint density at radius 2 is 1.78 bits per heavy atom. The highest BCUT2D eigenvalue weighted by molar-refractivity contribution is 5.78. The molecule has 2 bridgehead atoms. The first kappa shape index (κ1) is 13.8. The zero-order valence-electron chi connectivity index (χ0n) is 12.0. The summed E-state index contributed by atoms with van der Waals surface area (Å²) in [6.45, 7) is 6.22. The van der Waals surface area contributed by atoms with E-state index in [1.54, 1.807) is 0 Å². The van der Waals surface area contributed by atoms with Crippen molar-refractivity contribution in [1.29, 1.82) is 0 Å². The molecule has 18 heavy (non-hydrogen) atoms. The van der Waals surface area contributed by atoms with Gasteiger partial charge in [-0.2, -0.15) is 0 Å². The van der Waals surface area contributed by atoms with Crippen LogP contribution in [-0.4, -0.2) is 60.5 Å². The average molecular weight is 253 g/mol. The third kappa shape index (κ3) is 2.86. The van der Waals surface area contributed by atoms with Crippen LogP contribution < -0.4 is 5.32 Å². The van der Waals surface area contributed by atoms with Gasteiger partial charge in [-0.05, 0) is 46.6 Å². The van der Waals surface area contributed by atoms with Crippen molar-refractivity contribution < 1.29 is 4.79 Å². The van der Waals surface area contributed by atoms with Gasteiger partial charge in [-0.3, -0.25) is 4.79 Å². The van der Waals surface area contributed by atoms with Crippen molar-refractivity contribution in [2.45, 2.75) is 57.7 Å². The molecule has 0 saturated carbocycles. The number of carbonyl (C=O) groups is 1. The second kappa shape index (κ2) is 6.02. The number of carbonyl (C=O) groups excluding carboxylic acids is 1. The van der Waals surface area contributed by atoms with Crippen molar-refractivity contribution in [3.63, 3.8) is 0 Å². The fourth-order valence-electron chi connectivity index (χ4n) is 3.50. The Labute approximate surface area is 111 Å². The van der Waals surface area contributed by atoms with E-state index in [9.17, 15) is 4.79 Å². The maximum Gasteiger partial charge on any atom is 0.236 e. The van der Waals surface area contributed by atoms with Crippen molar-refractivity contribution in [1.82, 2.24) is 15.1 Å². The molecule has 0 aromatic rings. The molecule has 2 fully saturated rings. The van der Waals surface area contributed by atoms with Crippen molar-refractivity contribution in [2.24, 2.45) is 0 Å². The van der Waals surface area contributed by atoms with Gasteiger partial charge in [-0.15, -0.1) is 0 Å². The summed E-state index contributed by atoms with van der Waals surface area (Å²) in [6.07, 6.45) is 5.09. The number of amides is 1. The Morgan fingerprint density at radius 3 is 2.28 bits per heavy atom. The minimum Gasteiger partial charge on any atom is -0.342 e. The van der Waals surface area contributed by atoms with Crippen molar-refractivity contribution >= 4 is 5.91 Å². The first-order chi connectivity index (χ1) is 8.65. The number of rotatable bonds is 5. The maximum atomic E-state index is 11.9. The lowest BCUT2D eigenvalue weighted by atomic mass is 9.98. The van der Waals surface area contributed by atoms with Gasteiger partial charge in [0.2, 0.25) is 5.91 Å². The molecular formula is C14H27N3O. The molecule has 0 spiro atoms. The Morgan fingerprint density at radius 1 is 1.22 bits per heavy atom. The van der Waals surface area contributed by atoms with E-state index in [0.29, 0.717) is 12.6 Å². The molecule has 1 amide bonds. The second-order valence-electron chi connectivity index (χ2n) is 5.67. The van der Waals surface area contributed by atoms with Crippen LogP contribution in [0.4, 0.5) is 0 Å². The maximum absolute atomic E-state index is 11.9. The van der Waals surface area contributed by atoms with E-state index < -0.39 is 0 Å². The minimum atomic E-state index is 0.242. The smallest absolute Gasteiger partial charge is 0.236 e. The number of hydrogen-bond acceptors (Lipinski definition) is 3. The van der Waals surface area contributed by atoms with Gasteiger partial charge in [0, 0.05) is 31.2 Å². The Bertz CT molecular complexity index is 277. The van der Waals surface area contributed by atoms with Crippen molar-refractivity contribution in [3.05, 3.63) is 0 Å². The number of nitrogens with one attached hydrogen (secondary N) is 1. The lowest BCUT2D eigenvalue weighted by Gasteiger charge is -2.36. The summed E-state index contributed by atoms with van der Waals surface area (Å²) in [7, 11) is 2.25. The fraction of sp³-hybridized carbons (Fsp3) is 0.929. The summed E-state index contributed by atoms with van der Waals surface area (Å²) >= 11 is 0. The monoisotopic (exact) mass is 253 g/mol. The Balaban J connectivity index is 1.76. The summed E-state index contributed by atoms with van der Waals surface area (Å²) < 4.78 is 0. The molecule has 1 N–H and O–H groups in total. The fourth-order valence-corrected chi connectivity index (χ4v) is 3.50. The van der Waals surface area contributed by atoms with E-state index in [4.69, 9.17) is 0 Å². The number of hydrogen-bond donors (Lipinski definition) is 1. The third-order valence-corrected chi connectivity index (χ3v) is 4.76. The molecule has 104 valence electrons. The molecule has 2 saturated heterocycles. The number of nitrogens with zero attached hydrogens (tertiary/aromatic N) is 2. The summed E-state index contributed by atoms with van der Waals surface area (Å²) in [5.41, 5.74) is 0. The van der Waals surface area contributed by atoms with E-state index in [0.717, 1.165) is 25.2 Å². The van der Waals surface area contributed by atoms with Crippen LogP contribution in [-0.2, 0) is 4.79 Å². The van der Waals surface area contributed by atoms with Crippen LogP contribution >= 0.6 is 0 Å². The highest BCUT2D eigenvalue weighted by Gasteiger charge is 2.38. The van der Waals surface area contributed by atoms with E-state index in [1.807, 2.05) is 18.7 Å². The van der Waals surface area contributed by atoms with Crippen LogP contribution in [0.2, 0.25) is 0 Å². The molecule has 0 aliphatic carbocycles. The van der Waals surface area contributed by atoms with Crippen molar-refractivity contribution in [3.8, 4) is 0 Å². The summed E-state index contributed by atoms with van der Waals surface area (Å²) in [5, 5.41) is 3.47. The molecule has 2 atom stereocenters. The van der Waals surface area contributed by atoms with Gasteiger partial charge in [-0.1, -0.05) is 0 Å². The van der Waals surface area contributed by atoms with Gasteiger partial charge >= 0.3 is 0 Å². The van der Waals surface area contributed by atoms with Crippen LogP contribution in [0.15, 0.2) is 0 Å². The van der Waals surface area contributed by atoms with E-state index in [2.05, 4.69) is 17.3 Å². The highest BCUT2D eigenvalue weighted by atomic mass is 16.2. The van der Waals surface area contributed by atoms with Gasteiger partial charge in [0.1, 0.15) is 0 Å². The summed E-state index contributed by atoms with van der Waals surface area (Å²) in [6, 6.07) is 2.02. The molecule has 0 aromatic carbocycles. The topological polar surface area (TPSA) is 35.6 Å². The lowest BCUT2D eigenvalue weighted by Crippen LogP contribution is -2.49. The van der Waals surface area contributed by atoms with Gasteiger partial charge in [0.05, 0.1) is 6.54 Å². The normalized spacial score (nSPS) is 31.6. The molecule has 0 aromatic heterocycles. The standard InChI is InChI=1S/C14H27N3O/c1-4-17(5-2)14(18)10-15-11-8-12-6-7-13(9-11)16(12)3/h11-13,15H,4-10H2,1-3H3. The van der Waals surface area contributed by atoms with Gasteiger partial charge in [0.25, 0.3) is 0 Å². The molecule has 0 radical (unpaired) electrons. The Kier molecular flexibility index (Phi) is 4.62. The van der Waals surface area contributed by atoms with Crippen molar-refractivity contribution in [2.75, 3.05) is 26.7 Å². The highest BCUT2D eigenvalue weighted by Crippen LogP contribution is 2.33. The first-order valence-electron chi connectivity index (χ1n) is 7.38. The number of fused-ring (bicyclic) bond motifs is 2. The van der Waals surface area contributed by atoms with Crippen LogP contribution in [0.3, 0.4) is 0 Å². The second-order valence-corrected chi connectivity index (χ2v) is 5.67. The average Bonchev–Trinajstić information content (AvgIpc) is 2.61. The number of piperidine rings is 1. The molecule has 4 nitrogen and oxygen atoms in total. The van der Waals surface area contributed by atoms with Crippen LogP contribution in [0, 0.1) is 0 Å². The van der Waals surface area contributed by atoms with E-state index in [1.165, 1.54) is 25.7 Å². The Hall–Kier alpha value is -0.610. The van der Waals surface area contributed by atoms with Gasteiger partial charge in [-0.25, -0.2) is 0 Å². The van der Waals surface area contributed by atoms with Crippen LogP contribution in [0.1, 0.15) is 39.5 Å². The first-order valence-corrected chi connectivity index (χ1v) is 7.38. The summed E-state index contributed by atoms with van der Waals surface area (Å²) in [4.78, 5) is 16.4. The van der Waals surface area contributed by atoms with E-state index in [-0.39, 0.29) is 5.91 Å². The quantitative estimate of drug-likeness (QED) is 0.796. The molecule has 2 heterocycles. The molecule has 2 aliphatic heterocycles. The largest absolute Gasteiger partial charge is 0.342 e. The zero-order chi connectivity index (χ0) is 13.1. The predicted octanol–water partition coefficient (Wildman–Crippen LogP) is 1.07. The molecule has 2 rings (SSSR count). The number of likely N-dealkylation sites (N-methyl/N-ethyl adjacent to an activating group) is 1. The summed E-state index contributed by atoms with van der Waals surface area (Å²) in [5.74, 6) is 0.242. The predicted molar refractivity (Wildman–Crippen MR) is 73.5 cm³/mol. The van der Waals surface area contributed by atoms with Gasteiger partial charge in [0.15, 0.2) is 0 Å². The van der Waals surface area contributed by atoms with Crippen LogP contribution in [0.25, 0.3) is 0 Å². The SMILES string of the molecule is CCN(CC)C(=O)CNC1CC2CCC(C1)N2C. The van der Waals surface area contributed by atoms with E-state index >= 15 is 0 Å². The minimum absolute atomic E-state index is 0.242. The zero-order valence-corrected chi connectivity index (χ0v) is 12.0. The molecule has 2 aliphatic rings. The van der Waals surface area contributed by atoms with Gasteiger partial charge < -0.3 is 15.1 Å².